The molecule has 0 amide bonds. The Kier molecular flexibility index (Phi) is 3.33. The zero-order chi connectivity index (χ0) is 11.4. The highest BCUT2D eigenvalue weighted by atomic mass is 16.6. The molecule has 0 aromatic heterocycles. The van der Waals surface area contributed by atoms with Crippen LogP contribution in [0, 0.1) is 15.0 Å². The van der Waals surface area contributed by atoms with Crippen molar-refractivity contribution >= 4 is 17.1 Å². The molecule has 0 aliphatic carbocycles. The standard InChI is InChI=1S/C9H11N3O3/c1-6(2)10-8-4-3-7(11-13)5-9(8)12(14)15/h3-6,10H,1-2H3. The first-order valence-corrected chi connectivity index (χ1v) is 4.43. The van der Waals surface area contributed by atoms with Crippen molar-refractivity contribution in [3.63, 3.8) is 0 Å². The lowest BCUT2D eigenvalue weighted by molar-refractivity contribution is -0.383. The summed E-state index contributed by atoms with van der Waals surface area (Å²) in [4.78, 5) is 20.4. The predicted molar refractivity (Wildman–Crippen MR) is 57.3 cm³/mol. The average Bonchev–Trinajstić information content (AvgIpc) is 2.17. The van der Waals surface area contributed by atoms with Crippen molar-refractivity contribution in [2.75, 3.05) is 5.32 Å². The Morgan fingerprint density at radius 3 is 2.60 bits per heavy atom. The van der Waals surface area contributed by atoms with Gasteiger partial charge in [0.25, 0.3) is 5.69 Å². The summed E-state index contributed by atoms with van der Waals surface area (Å²) in [5, 5.41) is 16.3. The minimum atomic E-state index is -0.542. The van der Waals surface area contributed by atoms with Crippen LogP contribution in [0.15, 0.2) is 23.4 Å². The molecule has 1 aromatic rings. The largest absolute Gasteiger partial charge is 0.377 e. The minimum absolute atomic E-state index is 0.0519. The zero-order valence-electron chi connectivity index (χ0n) is 8.43. The zero-order valence-corrected chi connectivity index (χ0v) is 8.43. The molecule has 1 aromatic carbocycles. The molecule has 0 fully saturated rings. The summed E-state index contributed by atoms with van der Waals surface area (Å²) in [7, 11) is 0. The third-order valence-electron chi connectivity index (χ3n) is 1.73. The number of nitro groups is 1. The molecule has 0 saturated heterocycles. The molecule has 6 heteroatoms. The number of nitrogens with zero attached hydrogens (tertiary/aromatic N) is 2. The molecular weight excluding hydrogens is 198 g/mol. The fourth-order valence-corrected chi connectivity index (χ4v) is 1.16. The van der Waals surface area contributed by atoms with Crippen LogP contribution in [0.25, 0.3) is 0 Å². The first-order chi connectivity index (χ1) is 7.04. The van der Waals surface area contributed by atoms with Gasteiger partial charge >= 0.3 is 0 Å². The number of hydrogen-bond donors (Lipinski definition) is 1. The topological polar surface area (TPSA) is 84.6 Å². The average molecular weight is 209 g/mol. The van der Waals surface area contributed by atoms with Crippen molar-refractivity contribution in [3.05, 3.63) is 33.2 Å². The third kappa shape index (κ3) is 2.73. The van der Waals surface area contributed by atoms with E-state index in [1.165, 1.54) is 12.1 Å². The molecule has 0 bridgehead atoms. The van der Waals surface area contributed by atoms with Gasteiger partial charge in [-0.15, -0.1) is 4.91 Å². The van der Waals surface area contributed by atoms with E-state index in [0.717, 1.165) is 6.07 Å². The molecule has 0 aliphatic rings. The number of rotatable bonds is 4. The molecule has 6 nitrogen and oxygen atoms in total. The molecule has 0 saturated carbocycles. The maximum atomic E-state index is 10.7. The predicted octanol–water partition coefficient (Wildman–Crippen LogP) is 2.81. The number of hydrogen-bond acceptors (Lipinski definition) is 5. The van der Waals surface area contributed by atoms with E-state index in [1.54, 1.807) is 0 Å². The summed E-state index contributed by atoms with van der Waals surface area (Å²) in [6.45, 7) is 3.74. The summed E-state index contributed by atoms with van der Waals surface area (Å²) < 4.78 is 0. The normalized spacial score (nSPS) is 10.1. The Morgan fingerprint density at radius 1 is 1.47 bits per heavy atom. The number of nitro benzene ring substituents is 1. The molecule has 15 heavy (non-hydrogen) atoms. The molecule has 0 spiro atoms. The van der Waals surface area contributed by atoms with Gasteiger partial charge in [-0.3, -0.25) is 10.1 Å². The van der Waals surface area contributed by atoms with Crippen LogP contribution in [0.2, 0.25) is 0 Å². The van der Waals surface area contributed by atoms with Crippen LogP contribution in [0.5, 0.6) is 0 Å². The van der Waals surface area contributed by atoms with Gasteiger partial charge in [-0.05, 0) is 31.2 Å². The lowest BCUT2D eigenvalue weighted by Crippen LogP contribution is -2.11. The summed E-state index contributed by atoms with van der Waals surface area (Å²) in [6, 6.07) is 4.15. The van der Waals surface area contributed by atoms with Crippen LogP contribution in [0.4, 0.5) is 17.1 Å². The van der Waals surface area contributed by atoms with E-state index in [2.05, 4.69) is 10.5 Å². The lowest BCUT2D eigenvalue weighted by atomic mass is 10.2. The van der Waals surface area contributed by atoms with E-state index in [9.17, 15) is 15.0 Å². The number of nitrogens with one attached hydrogen (secondary N) is 1. The fourth-order valence-electron chi connectivity index (χ4n) is 1.16. The number of anilines is 1. The first kappa shape index (κ1) is 11.1. The van der Waals surface area contributed by atoms with Gasteiger partial charge in [0.2, 0.25) is 0 Å². The fraction of sp³-hybridized carbons (Fsp3) is 0.333. The molecule has 1 N–H and O–H groups in total. The highest BCUT2D eigenvalue weighted by molar-refractivity contribution is 5.66. The van der Waals surface area contributed by atoms with Crippen molar-refractivity contribution in [2.24, 2.45) is 5.18 Å². The summed E-state index contributed by atoms with van der Waals surface area (Å²) in [5.41, 5.74) is 0.305. The second-order valence-electron chi connectivity index (χ2n) is 3.35. The monoisotopic (exact) mass is 209 g/mol. The minimum Gasteiger partial charge on any atom is -0.377 e. The van der Waals surface area contributed by atoms with E-state index >= 15 is 0 Å². The van der Waals surface area contributed by atoms with Gasteiger partial charge in [-0.25, -0.2) is 0 Å². The SMILES string of the molecule is CC(C)Nc1ccc(N=O)cc1[N+](=O)[O-]. The second kappa shape index (κ2) is 4.50. The van der Waals surface area contributed by atoms with E-state index in [4.69, 9.17) is 0 Å². The molecular formula is C9H11N3O3. The van der Waals surface area contributed by atoms with Crippen molar-refractivity contribution in [1.29, 1.82) is 0 Å². The summed E-state index contributed by atoms with van der Waals surface area (Å²) in [5.74, 6) is 0. The highest BCUT2D eigenvalue weighted by Crippen LogP contribution is 2.29. The van der Waals surface area contributed by atoms with Gasteiger partial charge in [0.15, 0.2) is 0 Å². The number of benzene rings is 1. The van der Waals surface area contributed by atoms with E-state index < -0.39 is 4.92 Å². The maximum absolute atomic E-state index is 10.7. The Morgan fingerprint density at radius 2 is 2.13 bits per heavy atom. The van der Waals surface area contributed by atoms with Crippen LogP contribution in [-0.2, 0) is 0 Å². The van der Waals surface area contributed by atoms with Crippen LogP contribution < -0.4 is 5.32 Å². The lowest BCUT2D eigenvalue weighted by Gasteiger charge is -2.09. The molecule has 80 valence electrons. The number of nitroso groups, excluding NO2 is 1. The summed E-state index contributed by atoms with van der Waals surface area (Å²) in [6.07, 6.45) is 0. The van der Waals surface area contributed by atoms with E-state index in [1.807, 2.05) is 13.8 Å². The molecule has 0 heterocycles. The maximum Gasteiger partial charge on any atom is 0.294 e. The van der Waals surface area contributed by atoms with Crippen molar-refractivity contribution < 1.29 is 4.92 Å². The van der Waals surface area contributed by atoms with Gasteiger partial charge in [-0.1, -0.05) is 0 Å². The smallest absolute Gasteiger partial charge is 0.294 e. The Balaban J connectivity index is 3.14. The Hall–Kier alpha value is -1.98. The van der Waals surface area contributed by atoms with Crippen molar-refractivity contribution in [2.45, 2.75) is 19.9 Å². The van der Waals surface area contributed by atoms with Crippen molar-refractivity contribution in [3.8, 4) is 0 Å². The van der Waals surface area contributed by atoms with E-state index in [-0.39, 0.29) is 17.4 Å². The van der Waals surface area contributed by atoms with Crippen LogP contribution in [-0.4, -0.2) is 11.0 Å². The molecule has 0 radical (unpaired) electrons. The highest BCUT2D eigenvalue weighted by Gasteiger charge is 2.15. The first-order valence-electron chi connectivity index (χ1n) is 4.43. The molecule has 0 aliphatic heterocycles. The van der Waals surface area contributed by atoms with E-state index in [0.29, 0.717) is 5.69 Å². The van der Waals surface area contributed by atoms with Gasteiger partial charge in [-0.2, -0.15) is 0 Å². The van der Waals surface area contributed by atoms with Gasteiger partial charge in [0, 0.05) is 12.1 Å². The van der Waals surface area contributed by atoms with Gasteiger partial charge in [0.05, 0.1) is 4.92 Å². The van der Waals surface area contributed by atoms with Crippen LogP contribution in [0.3, 0.4) is 0 Å². The molecule has 1 rings (SSSR count). The van der Waals surface area contributed by atoms with Gasteiger partial charge in [0.1, 0.15) is 11.4 Å². The van der Waals surface area contributed by atoms with Crippen LogP contribution in [0.1, 0.15) is 13.8 Å². The van der Waals surface area contributed by atoms with Crippen molar-refractivity contribution in [1.82, 2.24) is 0 Å². The Labute approximate surface area is 86.4 Å². The second-order valence-corrected chi connectivity index (χ2v) is 3.35. The molecule has 0 unspecified atom stereocenters. The molecule has 0 atom stereocenters. The quantitative estimate of drug-likeness (QED) is 0.469. The van der Waals surface area contributed by atoms with Crippen LogP contribution >= 0.6 is 0 Å². The summed E-state index contributed by atoms with van der Waals surface area (Å²) >= 11 is 0. The van der Waals surface area contributed by atoms with Gasteiger partial charge < -0.3 is 5.32 Å². The third-order valence-corrected chi connectivity index (χ3v) is 1.73. The Bertz CT molecular complexity index is 390.